The van der Waals surface area contributed by atoms with Gasteiger partial charge in [-0.1, -0.05) is 60.8 Å². The van der Waals surface area contributed by atoms with Gasteiger partial charge in [-0.25, -0.2) is 0 Å². The van der Waals surface area contributed by atoms with E-state index in [-0.39, 0.29) is 0 Å². The molecular weight excluding hydrogens is 246 g/mol. The maximum atomic E-state index is 2.50. The molecule has 1 aromatic rings. The van der Waals surface area contributed by atoms with E-state index in [9.17, 15) is 0 Å². The average molecular weight is 276 g/mol. The minimum absolute atomic E-state index is 0.708. The highest BCUT2D eigenvalue weighted by atomic mass is 28.3. The molecule has 1 atom stereocenters. The van der Waals surface area contributed by atoms with Crippen LogP contribution >= 0.6 is 0 Å². The molecule has 0 aliphatic rings. The molecule has 106 valence electrons. The van der Waals surface area contributed by atoms with Crippen LogP contribution in [0.5, 0.6) is 0 Å². The number of unbranched alkanes of at least 4 members (excludes halogenated alkanes) is 1. The zero-order valence-corrected chi connectivity index (χ0v) is 14.2. The van der Waals surface area contributed by atoms with E-state index in [0.717, 1.165) is 0 Å². The van der Waals surface area contributed by atoms with Gasteiger partial charge in [-0.3, -0.25) is 0 Å². The zero-order chi connectivity index (χ0) is 14.3. The summed E-state index contributed by atoms with van der Waals surface area (Å²) < 4.78 is 0. The molecule has 0 aliphatic heterocycles. The van der Waals surface area contributed by atoms with Gasteiger partial charge in [0, 0.05) is 5.67 Å². The molecular formula is C17H29NSi. The maximum Gasteiger partial charge on any atom is 0.0986 e. The Balaban J connectivity index is 2.79. The molecule has 1 aromatic carbocycles. The normalized spacial score (nSPS) is 14.2. The topological polar surface area (TPSA) is 3.24 Å². The molecule has 19 heavy (non-hydrogen) atoms. The second-order valence-corrected chi connectivity index (χ2v) is 10.8. The predicted octanol–water partition coefficient (Wildman–Crippen LogP) is 3.82. The van der Waals surface area contributed by atoms with Crippen molar-refractivity contribution in [2.45, 2.75) is 44.9 Å². The minimum Gasteiger partial charge on any atom is -0.309 e. The lowest BCUT2D eigenvalue weighted by atomic mass is 10.2. The summed E-state index contributed by atoms with van der Waals surface area (Å²) in [5, 5.41) is 1.57. The number of nitrogens with zero attached hydrogens (tertiary/aromatic N) is 1. The van der Waals surface area contributed by atoms with Crippen LogP contribution in [0.4, 0.5) is 0 Å². The lowest BCUT2D eigenvalue weighted by Crippen LogP contribution is -2.58. The first-order valence-electron chi connectivity index (χ1n) is 7.33. The van der Waals surface area contributed by atoms with Gasteiger partial charge in [-0.05, 0) is 40.3 Å². The fourth-order valence-electron chi connectivity index (χ4n) is 2.92. The second kappa shape index (κ2) is 7.66. The van der Waals surface area contributed by atoms with Crippen LogP contribution in [0, 0.1) is 0 Å². The fourth-order valence-corrected chi connectivity index (χ4v) is 6.57. The molecule has 0 aliphatic carbocycles. The smallest absolute Gasteiger partial charge is 0.0986 e. The second-order valence-electron chi connectivity index (χ2n) is 6.07. The molecule has 0 N–H and O–H groups in total. The number of allylic oxidation sites excluding steroid dienone is 2. The van der Waals surface area contributed by atoms with Crippen LogP contribution in [-0.2, 0) is 0 Å². The van der Waals surface area contributed by atoms with Crippen LogP contribution in [-0.4, -0.2) is 32.7 Å². The monoisotopic (exact) mass is 275 g/mol. The SMILES string of the molecule is CC=CCCCC(N(C)C)[Si](C)(C)c1ccccc1. The van der Waals surface area contributed by atoms with Gasteiger partial charge in [0.25, 0.3) is 0 Å². The van der Waals surface area contributed by atoms with Crippen molar-refractivity contribution in [3.8, 4) is 0 Å². The zero-order valence-electron chi connectivity index (χ0n) is 13.2. The van der Waals surface area contributed by atoms with Gasteiger partial charge < -0.3 is 4.90 Å². The quantitative estimate of drug-likeness (QED) is 0.415. The van der Waals surface area contributed by atoms with Crippen molar-refractivity contribution in [3.63, 3.8) is 0 Å². The van der Waals surface area contributed by atoms with E-state index >= 15 is 0 Å². The first kappa shape index (κ1) is 16.2. The maximum absolute atomic E-state index is 2.50. The third-order valence-electron chi connectivity index (χ3n) is 4.06. The van der Waals surface area contributed by atoms with E-state index in [1.807, 2.05) is 0 Å². The Morgan fingerprint density at radius 1 is 1.16 bits per heavy atom. The molecule has 0 amide bonds. The summed E-state index contributed by atoms with van der Waals surface area (Å²) in [7, 11) is 3.04. The molecule has 1 unspecified atom stereocenters. The molecule has 1 rings (SSSR count). The first-order chi connectivity index (χ1) is 9.00. The van der Waals surface area contributed by atoms with E-state index in [0.29, 0.717) is 5.67 Å². The Bertz CT molecular complexity index is 382. The number of hydrogen-bond acceptors (Lipinski definition) is 1. The van der Waals surface area contributed by atoms with Gasteiger partial charge in [-0.15, -0.1) is 0 Å². The van der Waals surface area contributed by atoms with Crippen LogP contribution < -0.4 is 5.19 Å². The van der Waals surface area contributed by atoms with Gasteiger partial charge in [0.15, 0.2) is 0 Å². The van der Waals surface area contributed by atoms with Gasteiger partial charge >= 0.3 is 0 Å². The van der Waals surface area contributed by atoms with Crippen LogP contribution in [0.25, 0.3) is 0 Å². The number of hydrogen-bond donors (Lipinski definition) is 0. The summed E-state index contributed by atoms with van der Waals surface area (Å²) in [4.78, 5) is 2.44. The van der Waals surface area contributed by atoms with Crippen molar-refractivity contribution in [2.24, 2.45) is 0 Å². The van der Waals surface area contributed by atoms with E-state index in [4.69, 9.17) is 0 Å². The van der Waals surface area contributed by atoms with E-state index < -0.39 is 8.07 Å². The first-order valence-corrected chi connectivity index (χ1v) is 10.4. The summed E-state index contributed by atoms with van der Waals surface area (Å²) in [5.41, 5.74) is 0.708. The van der Waals surface area contributed by atoms with Crippen LogP contribution in [0.1, 0.15) is 26.2 Å². The Morgan fingerprint density at radius 3 is 2.32 bits per heavy atom. The molecule has 0 saturated carbocycles. The van der Waals surface area contributed by atoms with Gasteiger partial charge in [-0.2, -0.15) is 0 Å². The Labute approximate surface area is 120 Å². The highest BCUT2D eigenvalue weighted by Gasteiger charge is 2.34. The molecule has 2 heteroatoms. The Morgan fingerprint density at radius 2 is 1.79 bits per heavy atom. The van der Waals surface area contributed by atoms with Crippen molar-refractivity contribution < 1.29 is 0 Å². The fraction of sp³-hybridized carbons (Fsp3) is 0.529. The van der Waals surface area contributed by atoms with Crippen molar-refractivity contribution in [3.05, 3.63) is 42.5 Å². The molecule has 0 aromatic heterocycles. The van der Waals surface area contributed by atoms with Crippen LogP contribution in [0.2, 0.25) is 13.1 Å². The summed E-state index contributed by atoms with van der Waals surface area (Å²) in [5.74, 6) is 0. The van der Waals surface area contributed by atoms with Crippen molar-refractivity contribution in [1.29, 1.82) is 0 Å². The highest BCUT2D eigenvalue weighted by Crippen LogP contribution is 2.19. The molecule has 1 nitrogen and oxygen atoms in total. The van der Waals surface area contributed by atoms with Crippen molar-refractivity contribution >= 4 is 13.3 Å². The largest absolute Gasteiger partial charge is 0.309 e. The summed E-state index contributed by atoms with van der Waals surface area (Å²) in [6, 6.07) is 11.1. The highest BCUT2D eigenvalue weighted by molar-refractivity contribution is 6.91. The molecule has 0 heterocycles. The molecule has 0 radical (unpaired) electrons. The third-order valence-corrected chi connectivity index (χ3v) is 8.35. The van der Waals surface area contributed by atoms with Crippen LogP contribution in [0.15, 0.2) is 42.5 Å². The van der Waals surface area contributed by atoms with E-state index in [1.54, 1.807) is 5.19 Å². The van der Waals surface area contributed by atoms with Crippen molar-refractivity contribution in [2.75, 3.05) is 14.1 Å². The lowest BCUT2D eigenvalue weighted by Gasteiger charge is -2.38. The number of benzene rings is 1. The minimum atomic E-state index is -1.43. The van der Waals surface area contributed by atoms with Crippen LogP contribution in [0.3, 0.4) is 0 Å². The Kier molecular flexibility index (Phi) is 6.53. The molecule has 0 fully saturated rings. The third kappa shape index (κ3) is 4.63. The average Bonchev–Trinajstić information content (AvgIpc) is 2.39. The Hall–Kier alpha value is -0.863. The summed E-state index contributed by atoms with van der Waals surface area (Å²) >= 11 is 0. The summed E-state index contributed by atoms with van der Waals surface area (Å²) in [6.07, 6.45) is 8.23. The predicted molar refractivity (Wildman–Crippen MR) is 89.7 cm³/mol. The lowest BCUT2D eigenvalue weighted by molar-refractivity contribution is 0.344. The van der Waals surface area contributed by atoms with E-state index in [1.165, 1.54) is 19.3 Å². The summed E-state index contributed by atoms with van der Waals surface area (Å²) in [6.45, 7) is 7.11. The van der Waals surface area contributed by atoms with Gasteiger partial charge in [0.05, 0.1) is 8.07 Å². The molecule has 0 bridgehead atoms. The molecule has 0 spiro atoms. The van der Waals surface area contributed by atoms with E-state index in [2.05, 4.69) is 81.5 Å². The number of rotatable bonds is 7. The molecule has 0 saturated heterocycles. The standard InChI is InChI=1S/C17H29NSi/c1-6-7-8-12-15-17(18(2)3)19(4,5)16-13-10-9-11-14-16/h6-7,9-11,13-14,17H,8,12,15H2,1-5H3. The van der Waals surface area contributed by atoms with Gasteiger partial charge in [0.1, 0.15) is 0 Å². The van der Waals surface area contributed by atoms with Gasteiger partial charge in [0.2, 0.25) is 0 Å². The van der Waals surface area contributed by atoms with Crippen molar-refractivity contribution in [1.82, 2.24) is 4.90 Å².